The molecule has 0 amide bonds. The molecule has 1 unspecified atom stereocenters. The topological polar surface area (TPSA) is 21.3 Å². The van der Waals surface area contributed by atoms with Crippen LogP contribution in [0.1, 0.15) is 43.8 Å². The minimum absolute atomic E-state index is 0.147. The van der Waals surface area contributed by atoms with E-state index in [1.165, 1.54) is 37.7 Å². The van der Waals surface area contributed by atoms with E-state index in [1.807, 2.05) is 13.1 Å². The van der Waals surface area contributed by atoms with Crippen LogP contribution in [0, 0.1) is 0 Å². The van der Waals surface area contributed by atoms with Crippen LogP contribution in [0.4, 0.5) is 0 Å². The molecule has 1 aromatic carbocycles. The SMILES string of the molecule is CNCC(OC1CCCCC1)c1ccccc1Br. The summed E-state index contributed by atoms with van der Waals surface area (Å²) in [7, 11) is 1.98. The Labute approximate surface area is 118 Å². The van der Waals surface area contributed by atoms with Crippen LogP contribution < -0.4 is 5.32 Å². The van der Waals surface area contributed by atoms with Gasteiger partial charge in [0.2, 0.25) is 0 Å². The van der Waals surface area contributed by atoms with E-state index in [9.17, 15) is 0 Å². The molecule has 1 aliphatic rings. The van der Waals surface area contributed by atoms with Crippen molar-refractivity contribution < 1.29 is 4.74 Å². The predicted octanol–water partition coefficient (Wildman–Crippen LogP) is 4.06. The van der Waals surface area contributed by atoms with Crippen molar-refractivity contribution in [2.75, 3.05) is 13.6 Å². The Balaban J connectivity index is 2.05. The van der Waals surface area contributed by atoms with E-state index in [-0.39, 0.29) is 6.10 Å². The van der Waals surface area contributed by atoms with E-state index in [0.29, 0.717) is 6.10 Å². The van der Waals surface area contributed by atoms with Gasteiger partial charge in [-0.1, -0.05) is 53.4 Å². The van der Waals surface area contributed by atoms with Crippen LogP contribution in [-0.2, 0) is 4.74 Å². The second-order valence-corrected chi connectivity index (χ2v) is 5.82. The molecule has 0 saturated heterocycles. The lowest BCUT2D eigenvalue weighted by Gasteiger charge is -2.28. The number of rotatable bonds is 5. The van der Waals surface area contributed by atoms with Gasteiger partial charge >= 0.3 is 0 Å². The number of nitrogens with one attached hydrogen (secondary N) is 1. The van der Waals surface area contributed by atoms with E-state index in [2.05, 4.69) is 39.4 Å². The Morgan fingerprint density at radius 1 is 1.28 bits per heavy atom. The fourth-order valence-corrected chi connectivity index (χ4v) is 3.13. The first-order chi connectivity index (χ1) is 8.81. The molecule has 1 aromatic rings. The molecule has 0 aliphatic heterocycles. The molecule has 0 heterocycles. The molecule has 0 bridgehead atoms. The zero-order chi connectivity index (χ0) is 12.8. The monoisotopic (exact) mass is 311 g/mol. The Hall–Kier alpha value is -0.380. The third kappa shape index (κ3) is 3.81. The Kier molecular flexibility index (Phi) is 5.67. The summed E-state index contributed by atoms with van der Waals surface area (Å²) in [5.41, 5.74) is 1.25. The molecule has 0 radical (unpaired) electrons. The highest BCUT2D eigenvalue weighted by atomic mass is 79.9. The minimum Gasteiger partial charge on any atom is -0.369 e. The van der Waals surface area contributed by atoms with Crippen LogP contribution in [0.5, 0.6) is 0 Å². The highest BCUT2D eigenvalue weighted by Crippen LogP contribution is 2.30. The lowest BCUT2D eigenvalue weighted by molar-refractivity contribution is -0.0301. The van der Waals surface area contributed by atoms with Crippen LogP contribution in [0.15, 0.2) is 28.7 Å². The first kappa shape index (κ1) is 14.0. The molecule has 0 aromatic heterocycles. The van der Waals surface area contributed by atoms with E-state index < -0.39 is 0 Å². The third-order valence-electron chi connectivity index (χ3n) is 3.55. The van der Waals surface area contributed by atoms with Crippen molar-refractivity contribution in [1.29, 1.82) is 0 Å². The number of ether oxygens (including phenoxy) is 1. The maximum Gasteiger partial charge on any atom is 0.0963 e. The molecule has 2 rings (SSSR count). The van der Waals surface area contributed by atoms with Crippen molar-refractivity contribution in [2.45, 2.75) is 44.3 Å². The van der Waals surface area contributed by atoms with Crippen molar-refractivity contribution in [3.63, 3.8) is 0 Å². The summed E-state index contributed by atoms with van der Waals surface area (Å²) in [6.45, 7) is 0.860. The van der Waals surface area contributed by atoms with E-state index in [0.717, 1.165) is 11.0 Å². The second kappa shape index (κ2) is 7.27. The number of hydrogen-bond acceptors (Lipinski definition) is 2. The van der Waals surface area contributed by atoms with Crippen molar-refractivity contribution in [1.82, 2.24) is 5.32 Å². The van der Waals surface area contributed by atoms with E-state index in [1.54, 1.807) is 0 Å². The lowest BCUT2D eigenvalue weighted by Crippen LogP contribution is -2.26. The molecule has 100 valence electrons. The zero-order valence-corrected chi connectivity index (χ0v) is 12.6. The van der Waals surface area contributed by atoms with Crippen LogP contribution in [0.3, 0.4) is 0 Å². The quantitative estimate of drug-likeness (QED) is 0.885. The summed E-state index contributed by atoms with van der Waals surface area (Å²) in [6.07, 6.45) is 7.00. The summed E-state index contributed by atoms with van der Waals surface area (Å²) in [5, 5.41) is 3.24. The van der Waals surface area contributed by atoms with Gasteiger partial charge in [0, 0.05) is 11.0 Å². The fraction of sp³-hybridized carbons (Fsp3) is 0.600. The van der Waals surface area contributed by atoms with Gasteiger partial charge in [-0.3, -0.25) is 0 Å². The van der Waals surface area contributed by atoms with Crippen molar-refractivity contribution in [3.8, 4) is 0 Å². The van der Waals surface area contributed by atoms with Gasteiger partial charge in [-0.25, -0.2) is 0 Å². The van der Waals surface area contributed by atoms with Crippen molar-refractivity contribution in [3.05, 3.63) is 34.3 Å². The van der Waals surface area contributed by atoms with Gasteiger partial charge in [0.25, 0.3) is 0 Å². The van der Waals surface area contributed by atoms with Crippen LogP contribution in [-0.4, -0.2) is 19.7 Å². The molecule has 3 heteroatoms. The molecule has 18 heavy (non-hydrogen) atoms. The molecular formula is C15H22BrNO. The second-order valence-electron chi connectivity index (χ2n) is 4.96. The molecule has 1 saturated carbocycles. The van der Waals surface area contributed by atoms with Crippen LogP contribution >= 0.6 is 15.9 Å². The third-order valence-corrected chi connectivity index (χ3v) is 4.27. The van der Waals surface area contributed by atoms with Gasteiger partial charge in [-0.2, -0.15) is 0 Å². The zero-order valence-electron chi connectivity index (χ0n) is 11.0. The van der Waals surface area contributed by atoms with Gasteiger partial charge in [0.05, 0.1) is 12.2 Å². The molecule has 1 fully saturated rings. The molecule has 1 aliphatic carbocycles. The van der Waals surface area contributed by atoms with Crippen molar-refractivity contribution in [2.24, 2.45) is 0 Å². The Morgan fingerprint density at radius 3 is 2.67 bits per heavy atom. The van der Waals surface area contributed by atoms with Gasteiger partial charge in [0.1, 0.15) is 0 Å². The smallest absolute Gasteiger partial charge is 0.0963 e. The fourth-order valence-electron chi connectivity index (χ4n) is 2.59. The highest BCUT2D eigenvalue weighted by Gasteiger charge is 2.21. The summed E-state index contributed by atoms with van der Waals surface area (Å²) >= 11 is 3.62. The summed E-state index contributed by atoms with van der Waals surface area (Å²) < 4.78 is 7.45. The number of hydrogen-bond donors (Lipinski definition) is 1. The largest absolute Gasteiger partial charge is 0.369 e. The van der Waals surface area contributed by atoms with Crippen molar-refractivity contribution >= 4 is 15.9 Å². The van der Waals surface area contributed by atoms with Crippen LogP contribution in [0.2, 0.25) is 0 Å². The van der Waals surface area contributed by atoms with Crippen LogP contribution in [0.25, 0.3) is 0 Å². The first-order valence-corrected chi connectivity index (χ1v) is 7.65. The highest BCUT2D eigenvalue weighted by molar-refractivity contribution is 9.10. The standard InChI is InChI=1S/C15H22BrNO/c1-17-11-15(13-9-5-6-10-14(13)16)18-12-7-3-2-4-8-12/h5-6,9-10,12,15,17H,2-4,7-8,11H2,1H3. The average Bonchev–Trinajstić information content (AvgIpc) is 2.40. The summed E-state index contributed by atoms with van der Waals surface area (Å²) in [5.74, 6) is 0. The molecular weight excluding hydrogens is 290 g/mol. The van der Waals surface area contributed by atoms with Gasteiger partial charge in [0.15, 0.2) is 0 Å². The normalized spacial score (nSPS) is 18.8. The number of benzene rings is 1. The predicted molar refractivity (Wildman–Crippen MR) is 78.8 cm³/mol. The number of halogens is 1. The summed E-state index contributed by atoms with van der Waals surface area (Å²) in [4.78, 5) is 0. The van der Waals surface area contributed by atoms with Gasteiger partial charge in [-0.05, 0) is 31.5 Å². The van der Waals surface area contributed by atoms with Gasteiger partial charge in [-0.15, -0.1) is 0 Å². The Bertz CT molecular complexity index is 363. The molecule has 1 atom stereocenters. The van der Waals surface area contributed by atoms with E-state index >= 15 is 0 Å². The average molecular weight is 312 g/mol. The first-order valence-electron chi connectivity index (χ1n) is 6.85. The number of likely N-dealkylation sites (N-methyl/N-ethyl adjacent to an activating group) is 1. The summed E-state index contributed by atoms with van der Waals surface area (Å²) in [6, 6.07) is 8.36. The molecule has 0 spiro atoms. The molecule has 2 nitrogen and oxygen atoms in total. The minimum atomic E-state index is 0.147. The lowest BCUT2D eigenvalue weighted by atomic mass is 9.97. The molecule has 1 N–H and O–H groups in total. The Morgan fingerprint density at radius 2 is 2.00 bits per heavy atom. The van der Waals surface area contributed by atoms with Gasteiger partial charge < -0.3 is 10.1 Å². The maximum absolute atomic E-state index is 6.31. The van der Waals surface area contributed by atoms with E-state index in [4.69, 9.17) is 4.74 Å². The maximum atomic E-state index is 6.31.